The van der Waals surface area contributed by atoms with Gasteiger partial charge in [0.15, 0.2) is 14.1 Å². The number of ether oxygens (including phenoxy) is 2. The molecule has 2 aliphatic heterocycles. The molecule has 1 N–H and O–H groups in total. The predicted molar refractivity (Wildman–Crippen MR) is 207 cm³/mol. The first-order chi connectivity index (χ1) is 24.5. The van der Waals surface area contributed by atoms with Crippen LogP contribution in [0, 0.1) is 20.8 Å². The van der Waals surface area contributed by atoms with Crippen molar-refractivity contribution in [3.63, 3.8) is 0 Å². The third-order valence-electron chi connectivity index (χ3n) is 10.1. The van der Waals surface area contributed by atoms with Crippen LogP contribution in [-0.2, 0) is 9.16 Å². The molecule has 1 atom stereocenters. The summed E-state index contributed by atoms with van der Waals surface area (Å²) in [6.07, 6.45) is -1.80. The Morgan fingerprint density at radius 2 is 1.68 bits per heavy atom. The van der Waals surface area contributed by atoms with Gasteiger partial charge in [0.1, 0.15) is 29.5 Å². The normalized spacial score (nSPS) is 15.6. The Morgan fingerprint density at radius 3 is 2.23 bits per heavy atom. The summed E-state index contributed by atoms with van der Waals surface area (Å²) in [6, 6.07) is 5.37. The molecule has 15 heteroatoms. The molecule has 0 aliphatic carbocycles. The number of nitrogens with zero attached hydrogens (tertiary/aromatic N) is 6. The summed E-state index contributed by atoms with van der Waals surface area (Å²) >= 11 is 6.88. The first kappa shape index (κ1) is 40.1. The van der Waals surface area contributed by atoms with Crippen LogP contribution >= 0.6 is 11.6 Å². The molecular formula is C38H53ClN6O7Si. The first-order valence-electron chi connectivity index (χ1n) is 17.8. The molecule has 2 aliphatic rings. The van der Waals surface area contributed by atoms with Crippen molar-refractivity contribution < 1.29 is 33.1 Å². The highest BCUT2D eigenvalue weighted by atomic mass is 35.5. The van der Waals surface area contributed by atoms with Gasteiger partial charge in [-0.25, -0.2) is 19.6 Å². The zero-order valence-electron chi connectivity index (χ0n) is 33.0. The second-order valence-corrected chi connectivity index (χ2v) is 21.7. The first-order valence-corrected chi connectivity index (χ1v) is 21.1. The number of hydrogen-bond donors (Lipinski definition) is 1. The fraction of sp³-hybridized carbons (Fsp3) is 0.553. The van der Waals surface area contributed by atoms with Gasteiger partial charge in [-0.15, -0.1) is 0 Å². The number of halogens is 1. The standard InChI is InChI=1S/C38H53ClN6O7Si/c1-22-32(31-23(2)42-51-24(31)3)40-33(41-34(22)44-16-25-18-45(35(46)47)19-26(25)17-44)29-15-27(13-14-30(29)39)49-21-28(52-53(11,12)38(7,8)9)20-43(10)36(48)50-37(4,5)6/h13-15,28H,16-21H2,1-12H3,(H,46,47)/t28-/m1/s1. The van der Waals surface area contributed by atoms with E-state index in [0.717, 1.165) is 28.1 Å². The lowest BCUT2D eigenvalue weighted by atomic mass is 10.0. The van der Waals surface area contributed by atoms with E-state index < -0.39 is 32.2 Å². The molecule has 53 heavy (non-hydrogen) atoms. The summed E-state index contributed by atoms with van der Waals surface area (Å²) in [7, 11) is -0.564. The van der Waals surface area contributed by atoms with Gasteiger partial charge in [0.05, 0.1) is 34.6 Å². The molecule has 5 rings (SSSR count). The largest absolute Gasteiger partial charge is 0.491 e. The van der Waals surface area contributed by atoms with E-state index >= 15 is 0 Å². The van der Waals surface area contributed by atoms with Crippen LogP contribution < -0.4 is 9.64 Å². The van der Waals surface area contributed by atoms with Crippen molar-refractivity contribution in [1.82, 2.24) is 24.9 Å². The predicted octanol–water partition coefficient (Wildman–Crippen LogP) is 8.12. The summed E-state index contributed by atoms with van der Waals surface area (Å²) in [5.41, 5.74) is 5.13. The fourth-order valence-electron chi connectivity index (χ4n) is 6.26. The van der Waals surface area contributed by atoms with Crippen LogP contribution in [-0.4, -0.2) is 109 Å². The van der Waals surface area contributed by atoms with Crippen molar-refractivity contribution in [2.24, 2.45) is 0 Å². The average Bonchev–Trinajstić information content (AvgIpc) is 3.72. The Labute approximate surface area is 318 Å². The Morgan fingerprint density at radius 1 is 1.04 bits per heavy atom. The molecule has 0 spiro atoms. The second kappa shape index (κ2) is 14.9. The zero-order valence-corrected chi connectivity index (χ0v) is 34.8. The van der Waals surface area contributed by atoms with E-state index in [0.29, 0.717) is 65.5 Å². The number of hydrogen-bond acceptors (Lipinski definition) is 10. The summed E-state index contributed by atoms with van der Waals surface area (Å²) in [5.74, 6) is 2.28. The van der Waals surface area contributed by atoms with Gasteiger partial charge < -0.3 is 38.2 Å². The molecule has 0 radical (unpaired) electrons. The van der Waals surface area contributed by atoms with E-state index in [9.17, 15) is 14.7 Å². The topological polar surface area (TPSA) is 144 Å². The number of anilines is 1. The molecule has 1 aromatic carbocycles. The third-order valence-corrected chi connectivity index (χ3v) is 14.9. The van der Waals surface area contributed by atoms with Crippen molar-refractivity contribution in [1.29, 1.82) is 0 Å². The molecule has 288 valence electrons. The summed E-state index contributed by atoms with van der Waals surface area (Å²) in [4.78, 5) is 39.8. The molecule has 3 aromatic rings. The third kappa shape index (κ3) is 8.98. The summed E-state index contributed by atoms with van der Waals surface area (Å²) in [5, 5.41) is 14.1. The minimum absolute atomic E-state index is 0.0662. The highest BCUT2D eigenvalue weighted by Gasteiger charge is 2.40. The molecule has 0 saturated heterocycles. The van der Waals surface area contributed by atoms with Crippen molar-refractivity contribution in [2.45, 2.75) is 92.2 Å². The van der Waals surface area contributed by atoms with E-state index in [1.807, 2.05) is 47.6 Å². The monoisotopic (exact) mass is 768 g/mol. The fourth-order valence-corrected chi connectivity index (χ4v) is 7.79. The van der Waals surface area contributed by atoms with E-state index in [1.54, 1.807) is 19.2 Å². The van der Waals surface area contributed by atoms with Crippen LogP contribution in [0.25, 0.3) is 22.6 Å². The molecule has 4 heterocycles. The minimum Gasteiger partial charge on any atom is -0.491 e. The van der Waals surface area contributed by atoms with Gasteiger partial charge in [-0.05, 0) is 89.0 Å². The highest BCUT2D eigenvalue weighted by Crippen LogP contribution is 2.40. The molecule has 2 amide bonds. The Kier molecular flexibility index (Phi) is 11.3. The van der Waals surface area contributed by atoms with Crippen LogP contribution in [0.5, 0.6) is 5.75 Å². The molecule has 0 fully saturated rings. The van der Waals surface area contributed by atoms with Gasteiger partial charge in [-0.2, -0.15) is 0 Å². The van der Waals surface area contributed by atoms with Gasteiger partial charge >= 0.3 is 12.2 Å². The van der Waals surface area contributed by atoms with E-state index in [1.165, 1.54) is 9.80 Å². The second-order valence-electron chi connectivity index (χ2n) is 16.6. The molecule has 0 saturated carbocycles. The molecule has 0 unspecified atom stereocenters. The number of carbonyl (C=O) groups excluding carboxylic acids is 1. The van der Waals surface area contributed by atoms with Crippen molar-refractivity contribution in [3.05, 3.63) is 51.4 Å². The quantitative estimate of drug-likeness (QED) is 0.158. The van der Waals surface area contributed by atoms with E-state index in [4.69, 9.17) is 40.0 Å². The number of likely N-dealkylation sites (N-methyl/N-ethyl adjacent to an activating group) is 1. The van der Waals surface area contributed by atoms with E-state index in [2.05, 4.69) is 43.9 Å². The van der Waals surface area contributed by atoms with E-state index in [-0.39, 0.29) is 18.2 Å². The van der Waals surface area contributed by atoms with Crippen LogP contribution in [0.4, 0.5) is 15.4 Å². The number of rotatable bonds is 10. The lowest BCUT2D eigenvalue weighted by molar-refractivity contribution is 0.0172. The van der Waals surface area contributed by atoms with Crippen LogP contribution in [0.2, 0.25) is 23.2 Å². The maximum Gasteiger partial charge on any atom is 0.410 e. The molecular weight excluding hydrogens is 716 g/mol. The highest BCUT2D eigenvalue weighted by molar-refractivity contribution is 6.74. The van der Waals surface area contributed by atoms with Crippen molar-refractivity contribution in [2.75, 3.05) is 51.3 Å². The Balaban J connectivity index is 1.47. The maximum atomic E-state index is 12.9. The lowest BCUT2D eigenvalue weighted by Gasteiger charge is -2.40. The molecule has 2 aromatic heterocycles. The molecule has 0 bridgehead atoms. The number of aromatic nitrogens is 3. The Hall–Kier alpha value is -4.14. The lowest BCUT2D eigenvalue weighted by Crippen LogP contribution is -2.49. The number of benzene rings is 1. The molecule has 13 nitrogen and oxygen atoms in total. The van der Waals surface area contributed by atoms with Gasteiger partial charge in [0, 0.05) is 44.4 Å². The van der Waals surface area contributed by atoms with Gasteiger partial charge in [-0.1, -0.05) is 37.5 Å². The number of carbonyl (C=O) groups is 2. The van der Waals surface area contributed by atoms with Gasteiger partial charge in [-0.3, -0.25) is 0 Å². The summed E-state index contributed by atoms with van der Waals surface area (Å²) in [6.45, 7) is 24.4. The van der Waals surface area contributed by atoms with Gasteiger partial charge in [0.25, 0.3) is 0 Å². The van der Waals surface area contributed by atoms with Crippen LogP contribution in [0.3, 0.4) is 0 Å². The SMILES string of the molecule is Cc1noc(C)c1-c1nc(-c2cc(OC[C@@H](CN(C)C(=O)OC(C)(C)C)O[Si](C)(C)C(C)(C)C)ccc2Cl)nc(N2CC3=C(CN(C(=O)O)C3)C2)c1C. The maximum absolute atomic E-state index is 12.9. The smallest absolute Gasteiger partial charge is 0.410 e. The van der Waals surface area contributed by atoms with Crippen molar-refractivity contribution >= 4 is 37.9 Å². The Bertz CT molecular complexity index is 1880. The number of amides is 2. The van der Waals surface area contributed by atoms with Crippen LogP contribution in [0.15, 0.2) is 33.9 Å². The average molecular weight is 769 g/mol. The number of aryl methyl sites for hydroxylation is 2. The zero-order chi connectivity index (χ0) is 39.2. The number of carboxylic acid groups (broad SMARTS) is 1. The van der Waals surface area contributed by atoms with Gasteiger partial charge in [0.2, 0.25) is 0 Å². The minimum atomic E-state index is -2.26. The van der Waals surface area contributed by atoms with Crippen LogP contribution in [0.1, 0.15) is 58.6 Å². The van der Waals surface area contributed by atoms with Crippen molar-refractivity contribution in [3.8, 4) is 28.4 Å². The summed E-state index contributed by atoms with van der Waals surface area (Å²) < 4.78 is 24.4.